The Morgan fingerprint density at radius 3 is 2.65 bits per heavy atom. The van der Waals surface area contributed by atoms with Gasteiger partial charge in [-0.05, 0) is 31.5 Å². The maximum atomic E-state index is 11.5. The Bertz CT molecular complexity index is 822. The summed E-state index contributed by atoms with van der Waals surface area (Å²) in [6, 6.07) is 13.3. The normalized spacial score (nSPS) is 10.5. The number of aryl methyl sites for hydroxylation is 1. The molecule has 0 fully saturated rings. The zero-order valence-corrected chi connectivity index (χ0v) is 13.1. The van der Waals surface area contributed by atoms with Crippen molar-refractivity contribution in [1.82, 2.24) is 14.8 Å². The van der Waals surface area contributed by atoms with Gasteiger partial charge in [0.1, 0.15) is 6.61 Å². The minimum absolute atomic E-state index is 0.0112. The Morgan fingerprint density at radius 2 is 1.91 bits per heavy atom. The van der Waals surface area contributed by atoms with E-state index >= 15 is 0 Å². The number of carbonyl (C=O) groups is 1. The molecule has 116 valence electrons. The molecule has 2 aromatic heterocycles. The quantitative estimate of drug-likeness (QED) is 0.678. The first-order valence-electron chi connectivity index (χ1n) is 7.33. The molecule has 0 radical (unpaired) electrons. The highest BCUT2D eigenvalue weighted by molar-refractivity contribution is 5.94. The van der Waals surface area contributed by atoms with Crippen LogP contribution >= 0.6 is 0 Å². The van der Waals surface area contributed by atoms with E-state index in [0.29, 0.717) is 23.9 Å². The van der Waals surface area contributed by atoms with Crippen LogP contribution in [0.25, 0.3) is 5.82 Å². The monoisotopic (exact) mass is 307 g/mol. The first-order valence-corrected chi connectivity index (χ1v) is 7.33. The summed E-state index contributed by atoms with van der Waals surface area (Å²) in [6.07, 6.45) is 3.24. The van der Waals surface area contributed by atoms with Gasteiger partial charge in [-0.3, -0.25) is 4.79 Å². The van der Waals surface area contributed by atoms with Crippen molar-refractivity contribution in [3.05, 3.63) is 71.5 Å². The van der Waals surface area contributed by atoms with Crippen LogP contribution in [0.2, 0.25) is 0 Å². The highest BCUT2D eigenvalue weighted by atomic mass is 16.5. The summed E-state index contributed by atoms with van der Waals surface area (Å²) in [4.78, 5) is 15.8. The van der Waals surface area contributed by atoms with Gasteiger partial charge in [0.15, 0.2) is 11.6 Å². The number of hydrogen-bond donors (Lipinski definition) is 0. The van der Waals surface area contributed by atoms with E-state index < -0.39 is 0 Å². The molecule has 23 heavy (non-hydrogen) atoms. The summed E-state index contributed by atoms with van der Waals surface area (Å²) in [5.74, 6) is 1.13. The van der Waals surface area contributed by atoms with Crippen molar-refractivity contribution in [2.24, 2.45) is 0 Å². The van der Waals surface area contributed by atoms with E-state index in [1.807, 2.05) is 31.2 Å². The van der Waals surface area contributed by atoms with Crippen molar-refractivity contribution >= 4 is 5.78 Å². The number of hydrogen-bond acceptors (Lipinski definition) is 4. The summed E-state index contributed by atoms with van der Waals surface area (Å²) < 4.78 is 7.42. The molecule has 0 saturated carbocycles. The second-order valence-corrected chi connectivity index (χ2v) is 5.31. The minimum Gasteiger partial charge on any atom is -0.473 e. The van der Waals surface area contributed by atoms with Crippen LogP contribution in [-0.2, 0) is 6.61 Å². The van der Waals surface area contributed by atoms with Crippen molar-refractivity contribution < 1.29 is 9.53 Å². The largest absolute Gasteiger partial charge is 0.473 e. The van der Waals surface area contributed by atoms with Crippen molar-refractivity contribution in [2.75, 3.05) is 0 Å². The lowest BCUT2D eigenvalue weighted by Crippen LogP contribution is -2.06. The summed E-state index contributed by atoms with van der Waals surface area (Å²) >= 11 is 0. The lowest BCUT2D eigenvalue weighted by molar-refractivity contribution is 0.101. The minimum atomic E-state index is -0.0112. The fourth-order valence-electron chi connectivity index (χ4n) is 2.17. The smallest absolute Gasteiger partial charge is 0.218 e. The number of rotatable bonds is 5. The Morgan fingerprint density at radius 1 is 1.13 bits per heavy atom. The van der Waals surface area contributed by atoms with Crippen molar-refractivity contribution in [1.29, 1.82) is 0 Å². The highest BCUT2D eigenvalue weighted by Crippen LogP contribution is 2.18. The molecule has 0 spiro atoms. The van der Waals surface area contributed by atoms with Crippen LogP contribution in [0.5, 0.6) is 5.88 Å². The van der Waals surface area contributed by atoms with Gasteiger partial charge in [-0.25, -0.2) is 4.98 Å². The van der Waals surface area contributed by atoms with Gasteiger partial charge in [-0.1, -0.05) is 29.8 Å². The van der Waals surface area contributed by atoms with Crippen molar-refractivity contribution in [3.8, 4) is 11.7 Å². The molecule has 0 saturated heterocycles. The van der Waals surface area contributed by atoms with Gasteiger partial charge < -0.3 is 4.74 Å². The Hall–Kier alpha value is -2.95. The topological polar surface area (TPSA) is 57.0 Å². The molecule has 3 rings (SSSR count). The summed E-state index contributed by atoms with van der Waals surface area (Å²) in [6.45, 7) is 4.02. The van der Waals surface area contributed by atoms with E-state index in [2.05, 4.69) is 10.1 Å². The van der Waals surface area contributed by atoms with Crippen LogP contribution in [-0.4, -0.2) is 20.5 Å². The number of ketones is 1. The number of aromatic nitrogens is 3. The molecule has 0 bridgehead atoms. The molecule has 0 N–H and O–H groups in total. The number of benzene rings is 1. The number of Topliss-reactive ketones (excluding diaryl/α,β-unsaturated/α-hetero) is 1. The predicted molar refractivity (Wildman–Crippen MR) is 86.9 cm³/mol. The van der Waals surface area contributed by atoms with Crippen molar-refractivity contribution in [2.45, 2.75) is 20.5 Å². The Balaban J connectivity index is 1.80. The first kappa shape index (κ1) is 15.0. The molecule has 0 atom stereocenters. The average Bonchev–Trinajstić information content (AvgIpc) is 3.03. The maximum absolute atomic E-state index is 11.5. The van der Waals surface area contributed by atoms with E-state index in [0.717, 1.165) is 5.56 Å². The van der Waals surface area contributed by atoms with Gasteiger partial charge in [0.2, 0.25) is 5.88 Å². The van der Waals surface area contributed by atoms with Crippen LogP contribution in [0.1, 0.15) is 28.4 Å². The maximum Gasteiger partial charge on any atom is 0.218 e. The molecule has 0 aliphatic carbocycles. The average molecular weight is 307 g/mol. The van der Waals surface area contributed by atoms with Crippen LogP contribution < -0.4 is 4.74 Å². The molecule has 5 heteroatoms. The van der Waals surface area contributed by atoms with Gasteiger partial charge in [0.25, 0.3) is 0 Å². The van der Waals surface area contributed by atoms with Crippen LogP contribution in [0.4, 0.5) is 0 Å². The van der Waals surface area contributed by atoms with E-state index in [4.69, 9.17) is 4.74 Å². The van der Waals surface area contributed by atoms with E-state index in [1.54, 1.807) is 35.3 Å². The number of carbonyl (C=O) groups excluding carboxylic acids is 1. The van der Waals surface area contributed by atoms with E-state index in [-0.39, 0.29) is 5.78 Å². The second-order valence-electron chi connectivity index (χ2n) is 5.31. The molecule has 3 aromatic rings. The second kappa shape index (κ2) is 6.44. The third-order valence-corrected chi connectivity index (χ3v) is 3.48. The van der Waals surface area contributed by atoms with E-state index in [9.17, 15) is 4.79 Å². The van der Waals surface area contributed by atoms with Crippen LogP contribution in [0, 0.1) is 6.92 Å². The first-order chi connectivity index (χ1) is 11.1. The number of nitrogens with zero attached hydrogens (tertiary/aromatic N) is 3. The van der Waals surface area contributed by atoms with Crippen molar-refractivity contribution in [3.63, 3.8) is 0 Å². The molecule has 0 amide bonds. The van der Waals surface area contributed by atoms with E-state index in [1.165, 1.54) is 12.5 Å². The Kier molecular flexibility index (Phi) is 4.19. The lowest BCUT2D eigenvalue weighted by atomic mass is 10.2. The molecule has 0 aliphatic rings. The van der Waals surface area contributed by atoms with Crippen LogP contribution in [0.3, 0.4) is 0 Å². The molecular weight excluding hydrogens is 290 g/mol. The third-order valence-electron chi connectivity index (χ3n) is 3.48. The van der Waals surface area contributed by atoms with Gasteiger partial charge in [0, 0.05) is 17.8 Å². The Labute approximate surface area is 134 Å². The molecule has 2 heterocycles. The zero-order chi connectivity index (χ0) is 16.2. The van der Waals surface area contributed by atoms with Crippen LogP contribution in [0.15, 0.2) is 54.9 Å². The van der Waals surface area contributed by atoms with Gasteiger partial charge in [-0.15, -0.1) is 0 Å². The third kappa shape index (κ3) is 3.45. The predicted octanol–water partition coefficient (Wildman–Crippen LogP) is 3.36. The molecule has 0 aliphatic heterocycles. The molecule has 1 aromatic carbocycles. The summed E-state index contributed by atoms with van der Waals surface area (Å²) in [7, 11) is 0. The molecular formula is C18H17N3O2. The number of pyridine rings is 1. The SMILES string of the molecule is CC(=O)c1ccnc(-n2nccc2OCc2ccc(C)cc2)c1. The fourth-order valence-corrected chi connectivity index (χ4v) is 2.17. The number of ether oxygens (including phenoxy) is 1. The molecule has 0 unspecified atom stereocenters. The zero-order valence-electron chi connectivity index (χ0n) is 13.1. The summed E-state index contributed by atoms with van der Waals surface area (Å²) in [5.41, 5.74) is 2.88. The van der Waals surface area contributed by atoms with Gasteiger partial charge >= 0.3 is 0 Å². The fraction of sp³-hybridized carbons (Fsp3) is 0.167. The molecule has 5 nitrogen and oxygen atoms in total. The highest BCUT2D eigenvalue weighted by Gasteiger charge is 2.09. The lowest BCUT2D eigenvalue weighted by Gasteiger charge is -2.09. The standard InChI is InChI=1S/C18H17N3O2/c1-13-3-5-15(6-4-13)12-23-18-8-10-20-21(18)17-11-16(14(2)22)7-9-19-17/h3-11H,12H2,1-2H3. The van der Waals surface area contributed by atoms with Gasteiger partial charge in [0.05, 0.1) is 6.20 Å². The summed E-state index contributed by atoms with van der Waals surface area (Å²) in [5, 5.41) is 4.23. The van der Waals surface area contributed by atoms with Gasteiger partial charge in [-0.2, -0.15) is 9.78 Å².